The molecular formula is C31H40N2O4. The van der Waals surface area contributed by atoms with Crippen molar-refractivity contribution in [3.8, 4) is 5.75 Å². The summed E-state index contributed by atoms with van der Waals surface area (Å²) in [6.07, 6.45) is 7.05. The summed E-state index contributed by atoms with van der Waals surface area (Å²) in [5.74, 6) is 0.423. The van der Waals surface area contributed by atoms with E-state index in [1.54, 1.807) is 13.3 Å². The van der Waals surface area contributed by atoms with Crippen molar-refractivity contribution in [3.63, 3.8) is 0 Å². The fraction of sp³-hybridized carbons (Fsp3) is 0.484. The average molecular weight is 505 g/mol. The number of aromatic nitrogens is 1. The van der Waals surface area contributed by atoms with Gasteiger partial charge in [0.25, 0.3) is 0 Å². The summed E-state index contributed by atoms with van der Waals surface area (Å²) in [6.45, 7) is 4.97. The Labute approximate surface area is 220 Å². The van der Waals surface area contributed by atoms with Gasteiger partial charge in [-0.2, -0.15) is 0 Å². The van der Waals surface area contributed by atoms with Gasteiger partial charge in [0.15, 0.2) is 0 Å². The van der Waals surface area contributed by atoms with E-state index in [1.807, 2.05) is 24.3 Å². The van der Waals surface area contributed by atoms with Crippen LogP contribution < -0.4 is 4.74 Å². The quantitative estimate of drug-likeness (QED) is 0.303. The van der Waals surface area contributed by atoms with Crippen molar-refractivity contribution >= 4 is 16.9 Å². The van der Waals surface area contributed by atoms with Crippen LogP contribution in [0.2, 0.25) is 0 Å². The summed E-state index contributed by atoms with van der Waals surface area (Å²) >= 11 is 0. The number of carboxylic acid groups (broad SMARTS) is 1. The molecule has 2 heterocycles. The Morgan fingerprint density at radius 3 is 2.81 bits per heavy atom. The molecule has 0 bridgehead atoms. The Balaban J connectivity index is 1.31. The Kier molecular flexibility index (Phi) is 9.53. The normalized spacial score (nSPS) is 19.1. The summed E-state index contributed by atoms with van der Waals surface area (Å²) < 4.78 is 5.37. The third-order valence-corrected chi connectivity index (χ3v) is 7.84. The second-order valence-corrected chi connectivity index (χ2v) is 10.5. The molecule has 2 aromatic carbocycles. The van der Waals surface area contributed by atoms with E-state index in [0.29, 0.717) is 12.3 Å². The number of aliphatic carboxylic acids is 1. The Bertz CT molecular complexity index is 1180. The number of unbranched alkanes of at least 4 members (excludes halogenated alkanes) is 1. The molecule has 37 heavy (non-hydrogen) atoms. The van der Waals surface area contributed by atoms with Crippen LogP contribution in [0.1, 0.15) is 61.3 Å². The number of fused-ring (bicyclic) bond motifs is 1. The molecule has 0 amide bonds. The van der Waals surface area contributed by atoms with Crippen molar-refractivity contribution in [1.82, 2.24) is 9.88 Å². The highest BCUT2D eigenvalue weighted by Crippen LogP contribution is 2.35. The van der Waals surface area contributed by atoms with E-state index in [2.05, 4.69) is 41.1 Å². The third kappa shape index (κ3) is 7.53. The maximum Gasteiger partial charge on any atom is 0.303 e. The van der Waals surface area contributed by atoms with Gasteiger partial charge in [0, 0.05) is 24.5 Å². The summed E-state index contributed by atoms with van der Waals surface area (Å²) in [5, 5.41) is 21.6. The molecule has 0 spiro atoms. The lowest BCUT2D eigenvalue weighted by Crippen LogP contribution is -2.41. The number of ether oxygens (including phenoxy) is 1. The molecule has 0 radical (unpaired) electrons. The molecule has 0 saturated carbocycles. The zero-order chi connectivity index (χ0) is 26.2. The van der Waals surface area contributed by atoms with Gasteiger partial charge in [-0.25, -0.2) is 0 Å². The van der Waals surface area contributed by atoms with Crippen molar-refractivity contribution in [2.75, 3.05) is 26.7 Å². The fourth-order valence-electron chi connectivity index (χ4n) is 5.82. The molecule has 1 fully saturated rings. The van der Waals surface area contributed by atoms with E-state index in [4.69, 9.17) is 4.74 Å². The monoisotopic (exact) mass is 504 g/mol. The van der Waals surface area contributed by atoms with Gasteiger partial charge in [-0.1, -0.05) is 29.8 Å². The molecule has 6 nitrogen and oxygen atoms in total. The van der Waals surface area contributed by atoms with Crippen LogP contribution in [-0.2, 0) is 11.2 Å². The fourth-order valence-corrected chi connectivity index (χ4v) is 5.82. The molecule has 0 aliphatic carbocycles. The predicted octanol–water partition coefficient (Wildman–Crippen LogP) is 5.80. The molecule has 1 aromatic heterocycles. The van der Waals surface area contributed by atoms with Gasteiger partial charge in [-0.15, -0.1) is 0 Å². The summed E-state index contributed by atoms with van der Waals surface area (Å²) in [6, 6.07) is 16.3. The zero-order valence-corrected chi connectivity index (χ0v) is 22.1. The lowest BCUT2D eigenvalue weighted by Gasteiger charge is -2.38. The van der Waals surface area contributed by atoms with Crippen LogP contribution in [0.15, 0.2) is 54.7 Å². The third-order valence-electron chi connectivity index (χ3n) is 7.84. The first-order valence-corrected chi connectivity index (χ1v) is 13.5. The molecule has 2 N–H and O–H groups in total. The highest BCUT2D eigenvalue weighted by molar-refractivity contribution is 5.83. The second-order valence-electron chi connectivity index (χ2n) is 10.5. The van der Waals surface area contributed by atoms with Crippen molar-refractivity contribution in [2.45, 2.75) is 58.0 Å². The maximum atomic E-state index is 11.6. The molecule has 6 heteroatoms. The lowest BCUT2D eigenvalue weighted by atomic mass is 9.79. The van der Waals surface area contributed by atoms with Crippen molar-refractivity contribution < 1.29 is 19.7 Å². The van der Waals surface area contributed by atoms with E-state index in [-0.39, 0.29) is 12.3 Å². The predicted molar refractivity (Wildman–Crippen MR) is 147 cm³/mol. The van der Waals surface area contributed by atoms with E-state index in [9.17, 15) is 15.0 Å². The average Bonchev–Trinajstić information content (AvgIpc) is 2.89. The highest BCUT2D eigenvalue weighted by atomic mass is 16.5. The number of methoxy groups -OCH3 is 1. The number of likely N-dealkylation sites (tertiary alicyclic amines) is 1. The first-order chi connectivity index (χ1) is 17.9. The molecule has 198 valence electrons. The number of carboxylic acids is 1. The Morgan fingerprint density at radius 1 is 1.16 bits per heavy atom. The van der Waals surface area contributed by atoms with Gasteiger partial charge in [0.05, 0.1) is 18.7 Å². The van der Waals surface area contributed by atoms with Gasteiger partial charge in [0.2, 0.25) is 0 Å². The number of hydrogen-bond donors (Lipinski definition) is 2. The summed E-state index contributed by atoms with van der Waals surface area (Å²) in [4.78, 5) is 18.5. The number of rotatable bonds is 12. The standard InChI is InChI=1S/C31H40N2O4/c1-22-6-5-8-23(18-22)7-3-4-16-33-17-14-24(25(21-33)19-31(35)36)9-12-30(34)27-13-15-32-29-11-10-26(37-2)20-28(27)29/h5-6,8,10-11,13,15,18,20,24-25,30,34H,3-4,7,9,12,14,16-17,19,21H2,1-2H3,(H,35,36)/t24-,25+,30?/m1/s1. The second kappa shape index (κ2) is 13.0. The van der Waals surface area contributed by atoms with E-state index in [0.717, 1.165) is 74.0 Å². The molecule has 1 aliphatic heterocycles. The van der Waals surface area contributed by atoms with Gasteiger partial charge in [-0.05, 0) is 106 Å². The number of aliphatic hydroxyl groups excluding tert-OH is 1. The van der Waals surface area contributed by atoms with Crippen LogP contribution in [0.3, 0.4) is 0 Å². The molecule has 4 rings (SSSR count). The van der Waals surface area contributed by atoms with Crippen LogP contribution in [0.4, 0.5) is 0 Å². The first-order valence-electron chi connectivity index (χ1n) is 13.5. The molecular weight excluding hydrogens is 464 g/mol. The molecule has 1 saturated heterocycles. The van der Waals surface area contributed by atoms with Crippen LogP contribution in [0, 0.1) is 18.8 Å². The molecule has 1 aliphatic rings. The van der Waals surface area contributed by atoms with Gasteiger partial charge < -0.3 is 19.8 Å². The van der Waals surface area contributed by atoms with E-state index >= 15 is 0 Å². The SMILES string of the molecule is COc1ccc2nccc(C(O)CC[C@@H]3CCN(CCCCc4cccc(C)c4)C[C@@H]3CC(=O)O)c2c1. The summed E-state index contributed by atoms with van der Waals surface area (Å²) in [5.41, 5.74) is 4.38. The Morgan fingerprint density at radius 2 is 2.03 bits per heavy atom. The minimum atomic E-state index is -0.732. The Hall–Kier alpha value is -2.96. The number of pyridine rings is 1. The number of carbonyl (C=O) groups is 1. The highest BCUT2D eigenvalue weighted by Gasteiger charge is 2.31. The van der Waals surface area contributed by atoms with Crippen molar-refractivity contribution in [1.29, 1.82) is 0 Å². The number of piperidine rings is 1. The zero-order valence-electron chi connectivity index (χ0n) is 22.1. The molecule has 1 unspecified atom stereocenters. The first kappa shape index (κ1) is 27.1. The van der Waals surface area contributed by atoms with Crippen LogP contribution in [-0.4, -0.2) is 52.8 Å². The van der Waals surface area contributed by atoms with E-state index in [1.165, 1.54) is 11.1 Å². The minimum Gasteiger partial charge on any atom is -0.497 e. The number of aliphatic hydroxyl groups is 1. The number of benzene rings is 2. The smallest absolute Gasteiger partial charge is 0.303 e. The number of nitrogens with zero attached hydrogens (tertiary/aromatic N) is 2. The summed E-state index contributed by atoms with van der Waals surface area (Å²) in [7, 11) is 1.63. The minimum absolute atomic E-state index is 0.115. The van der Waals surface area contributed by atoms with Crippen molar-refractivity contribution in [3.05, 3.63) is 71.4 Å². The maximum absolute atomic E-state index is 11.6. The van der Waals surface area contributed by atoms with Crippen LogP contribution in [0.5, 0.6) is 5.75 Å². The lowest BCUT2D eigenvalue weighted by molar-refractivity contribution is -0.139. The van der Waals surface area contributed by atoms with Crippen LogP contribution >= 0.6 is 0 Å². The molecule has 3 aromatic rings. The van der Waals surface area contributed by atoms with Crippen molar-refractivity contribution in [2.24, 2.45) is 11.8 Å². The van der Waals surface area contributed by atoms with Gasteiger partial charge in [0.1, 0.15) is 5.75 Å². The largest absolute Gasteiger partial charge is 0.497 e. The van der Waals surface area contributed by atoms with Crippen LogP contribution in [0.25, 0.3) is 10.9 Å². The topological polar surface area (TPSA) is 82.9 Å². The number of hydrogen-bond acceptors (Lipinski definition) is 5. The molecule has 3 atom stereocenters. The van der Waals surface area contributed by atoms with Gasteiger partial charge >= 0.3 is 5.97 Å². The number of aryl methyl sites for hydroxylation is 2. The van der Waals surface area contributed by atoms with Gasteiger partial charge in [-0.3, -0.25) is 9.78 Å². The van der Waals surface area contributed by atoms with E-state index < -0.39 is 12.1 Å².